The molecule has 2 aromatic carbocycles. The van der Waals surface area contributed by atoms with E-state index >= 15 is 0 Å². The zero-order chi connectivity index (χ0) is 17.4. The van der Waals surface area contributed by atoms with Gasteiger partial charge in [0.2, 0.25) is 0 Å². The molecule has 2 heteroatoms. The maximum absolute atomic E-state index is 11.1. The van der Waals surface area contributed by atoms with E-state index in [1.807, 2.05) is 18.2 Å². The van der Waals surface area contributed by atoms with Gasteiger partial charge in [-0.2, -0.15) is 0 Å². The molecule has 1 N–H and O–H groups in total. The summed E-state index contributed by atoms with van der Waals surface area (Å²) in [4.78, 5) is 0. The summed E-state index contributed by atoms with van der Waals surface area (Å²) in [5, 5.41) is 14.3. The molecule has 122 valence electrons. The molecule has 0 atom stereocenters. The highest BCUT2D eigenvalue weighted by molar-refractivity contribution is 6.95. The van der Waals surface area contributed by atoms with Crippen molar-refractivity contribution < 1.29 is 5.11 Å². The monoisotopic (exact) mass is 324 g/mol. The lowest BCUT2D eigenvalue weighted by molar-refractivity contribution is 0.477. The molecule has 0 bridgehead atoms. The van der Waals surface area contributed by atoms with Crippen LogP contribution >= 0.6 is 0 Å². The van der Waals surface area contributed by atoms with Crippen molar-refractivity contribution >= 4 is 24.0 Å². The van der Waals surface area contributed by atoms with Crippen LogP contribution in [0, 0.1) is 12.3 Å². The van der Waals surface area contributed by atoms with Crippen LogP contribution in [-0.2, 0) is 0 Å². The molecule has 1 nitrogen and oxygen atoms in total. The Hall–Kier alpha value is -1.72. The zero-order valence-corrected chi connectivity index (χ0v) is 16.1. The summed E-state index contributed by atoms with van der Waals surface area (Å²) in [5.74, 6) is 3.08. The van der Waals surface area contributed by atoms with Gasteiger partial charge in [0.1, 0.15) is 5.75 Å². The number of aromatic hydroxyl groups is 1. The van der Waals surface area contributed by atoms with Gasteiger partial charge in [0, 0.05) is 5.39 Å². The zero-order valence-electron chi connectivity index (χ0n) is 15.1. The van der Waals surface area contributed by atoms with Gasteiger partial charge in [-0.1, -0.05) is 77.8 Å². The van der Waals surface area contributed by atoms with Gasteiger partial charge in [-0.25, -0.2) is 0 Å². The maximum atomic E-state index is 11.1. The quantitative estimate of drug-likeness (QED) is 0.588. The summed E-state index contributed by atoms with van der Waals surface area (Å²) < 4.78 is 0. The van der Waals surface area contributed by atoms with E-state index in [0.29, 0.717) is 27.9 Å². The van der Waals surface area contributed by atoms with Crippen LogP contribution in [0.3, 0.4) is 0 Å². The highest BCUT2D eigenvalue weighted by Crippen LogP contribution is 2.44. The Morgan fingerprint density at radius 2 is 1.48 bits per heavy atom. The lowest BCUT2D eigenvalue weighted by Crippen LogP contribution is -2.55. The molecule has 0 spiro atoms. The normalized spacial score (nSPS) is 12.3. The molecule has 0 saturated carbocycles. The highest BCUT2D eigenvalue weighted by Gasteiger charge is 2.46. The summed E-state index contributed by atoms with van der Waals surface area (Å²) in [6.45, 7) is 13.8. The van der Waals surface area contributed by atoms with Gasteiger partial charge in [-0.05, 0) is 27.2 Å². The fourth-order valence-corrected chi connectivity index (χ4v) is 11.6. The minimum Gasteiger partial charge on any atom is -0.507 e. The number of fused-ring (bicyclic) bond motifs is 1. The Bertz CT molecular complexity index is 728. The van der Waals surface area contributed by atoms with Crippen LogP contribution in [0.25, 0.3) is 10.8 Å². The van der Waals surface area contributed by atoms with Crippen molar-refractivity contribution in [3.8, 4) is 18.1 Å². The molecule has 0 fully saturated rings. The van der Waals surface area contributed by atoms with E-state index in [2.05, 4.69) is 59.6 Å². The molecular formula is C21H28OSi. The average Bonchev–Trinajstić information content (AvgIpc) is 2.47. The average molecular weight is 325 g/mol. The number of hydrogen-bond donors (Lipinski definition) is 1. The predicted molar refractivity (Wildman–Crippen MR) is 104 cm³/mol. The van der Waals surface area contributed by atoms with Crippen LogP contribution in [0.5, 0.6) is 5.75 Å². The van der Waals surface area contributed by atoms with Gasteiger partial charge in [0.25, 0.3) is 0 Å². The summed E-state index contributed by atoms with van der Waals surface area (Å²) >= 11 is 0. The maximum Gasteiger partial charge on any atom is 0.131 e. The van der Waals surface area contributed by atoms with Crippen LogP contribution in [-0.4, -0.2) is 13.2 Å². The Morgan fingerprint density at radius 1 is 0.957 bits per heavy atom. The second-order valence-electron chi connectivity index (χ2n) is 7.41. The molecule has 0 aliphatic rings. The van der Waals surface area contributed by atoms with Crippen molar-refractivity contribution in [1.29, 1.82) is 0 Å². The molecule has 0 aromatic heterocycles. The predicted octanol–water partition coefficient (Wildman–Crippen LogP) is 5.41. The van der Waals surface area contributed by atoms with Gasteiger partial charge in [-0.3, -0.25) is 0 Å². The third-order valence-electron chi connectivity index (χ3n) is 5.50. The number of hydrogen-bond acceptors (Lipinski definition) is 1. The molecule has 0 aliphatic carbocycles. The van der Waals surface area contributed by atoms with Gasteiger partial charge in [0.05, 0.1) is 13.6 Å². The van der Waals surface area contributed by atoms with Crippen molar-refractivity contribution in [3.63, 3.8) is 0 Å². The summed E-state index contributed by atoms with van der Waals surface area (Å²) in [5.41, 5.74) is 2.23. The lowest BCUT2D eigenvalue weighted by atomic mass is 10.0. The fourth-order valence-electron chi connectivity index (χ4n) is 4.75. The number of phenolic OH excluding ortho intramolecular Hbond substituents is 1. The SMILES string of the molecule is C#Cc1c(O)c([Si](C(C)C)(C(C)C)C(C)C)cc2ccccc12. The van der Waals surface area contributed by atoms with E-state index in [9.17, 15) is 5.11 Å². The Balaban J connectivity index is 2.95. The van der Waals surface area contributed by atoms with E-state index in [1.54, 1.807) is 0 Å². The van der Waals surface area contributed by atoms with Crippen molar-refractivity contribution in [3.05, 3.63) is 35.9 Å². The molecule has 0 saturated heterocycles. The first-order chi connectivity index (χ1) is 10.8. The topological polar surface area (TPSA) is 20.2 Å². The van der Waals surface area contributed by atoms with Crippen molar-refractivity contribution in [1.82, 2.24) is 0 Å². The first-order valence-electron chi connectivity index (χ1n) is 8.50. The second kappa shape index (κ2) is 6.41. The van der Waals surface area contributed by atoms with Crippen molar-refractivity contribution in [2.45, 2.75) is 58.2 Å². The number of phenols is 1. The first kappa shape index (κ1) is 17.6. The summed E-state index contributed by atoms with van der Waals surface area (Å²) in [6, 6.07) is 10.3. The molecule has 0 heterocycles. The highest BCUT2D eigenvalue weighted by atomic mass is 28.3. The largest absolute Gasteiger partial charge is 0.507 e. The van der Waals surface area contributed by atoms with E-state index < -0.39 is 8.07 Å². The summed E-state index contributed by atoms with van der Waals surface area (Å²) in [7, 11) is -1.96. The van der Waals surface area contributed by atoms with E-state index in [1.165, 1.54) is 0 Å². The van der Waals surface area contributed by atoms with Gasteiger partial charge >= 0.3 is 0 Å². The van der Waals surface area contributed by atoms with Gasteiger partial charge < -0.3 is 5.11 Å². The molecule has 0 aliphatic heterocycles. The third kappa shape index (κ3) is 2.58. The number of benzene rings is 2. The van der Waals surface area contributed by atoms with E-state index in [0.717, 1.165) is 16.0 Å². The third-order valence-corrected chi connectivity index (χ3v) is 12.5. The number of terminal acetylenes is 1. The van der Waals surface area contributed by atoms with Crippen molar-refractivity contribution in [2.75, 3.05) is 0 Å². The van der Waals surface area contributed by atoms with Gasteiger partial charge in [-0.15, -0.1) is 6.42 Å². The Morgan fingerprint density at radius 3 is 1.96 bits per heavy atom. The summed E-state index contributed by atoms with van der Waals surface area (Å²) in [6.07, 6.45) is 5.76. The second-order valence-corrected chi connectivity index (χ2v) is 13.3. The molecular weight excluding hydrogens is 296 g/mol. The molecule has 0 unspecified atom stereocenters. The number of rotatable bonds is 4. The van der Waals surface area contributed by atoms with Crippen LogP contribution in [0.2, 0.25) is 16.6 Å². The fraction of sp³-hybridized carbons (Fsp3) is 0.429. The molecule has 2 aromatic rings. The standard InChI is InChI=1S/C21H28OSi/c1-8-18-19-12-10-9-11-17(19)13-20(21(18)22)23(14(2)3,15(4)5)16(6)7/h1,9-16,22H,2-7H3. The first-order valence-corrected chi connectivity index (χ1v) is 10.7. The van der Waals surface area contributed by atoms with Crippen LogP contribution in [0.4, 0.5) is 0 Å². The lowest BCUT2D eigenvalue weighted by Gasteiger charge is -2.44. The Kier molecular flexibility index (Phi) is 4.92. The molecule has 23 heavy (non-hydrogen) atoms. The van der Waals surface area contributed by atoms with E-state index in [-0.39, 0.29) is 0 Å². The van der Waals surface area contributed by atoms with Crippen LogP contribution in [0.1, 0.15) is 47.1 Å². The molecule has 0 radical (unpaired) electrons. The van der Waals surface area contributed by atoms with Crippen LogP contribution < -0.4 is 5.19 Å². The molecule has 2 rings (SSSR count). The van der Waals surface area contributed by atoms with E-state index in [4.69, 9.17) is 6.42 Å². The Labute approximate surface area is 141 Å². The van der Waals surface area contributed by atoms with Crippen LogP contribution in [0.15, 0.2) is 30.3 Å². The minimum absolute atomic E-state index is 0.342. The molecule has 0 amide bonds. The minimum atomic E-state index is -1.96. The van der Waals surface area contributed by atoms with Gasteiger partial charge in [0.15, 0.2) is 0 Å². The smallest absolute Gasteiger partial charge is 0.131 e. The van der Waals surface area contributed by atoms with Crippen molar-refractivity contribution in [2.24, 2.45) is 0 Å².